The summed E-state index contributed by atoms with van der Waals surface area (Å²) in [5.74, 6) is 2.50. The van der Waals surface area contributed by atoms with Gasteiger partial charge in [-0.15, -0.1) is 0 Å². The number of rotatable bonds is 2. The lowest BCUT2D eigenvalue weighted by atomic mass is 10.1. The lowest BCUT2D eigenvalue weighted by Gasteiger charge is -1.99. The maximum atomic E-state index is 4.54. The van der Waals surface area contributed by atoms with Crippen molar-refractivity contribution in [3.8, 4) is 11.4 Å². The molecule has 3 rings (SSSR count). The predicted octanol–water partition coefficient (Wildman–Crippen LogP) is 3.26. The van der Waals surface area contributed by atoms with Crippen LogP contribution in [-0.2, 0) is 0 Å². The quantitative estimate of drug-likeness (QED) is 0.861. The molecule has 1 saturated carbocycles. The molecule has 0 radical (unpaired) electrons. The maximum absolute atomic E-state index is 4.54. The normalized spacial score (nSPS) is 15.4. The Bertz CT molecular complexity index is 529. The molecule has 0 atom stereocenters. The molecule has 16 heavy (non-hydrogen) atoms. The first kappa shape index (κ1) is 10.3. The van der Waals surface area contributed by atoms with Crippen LogP contribution < -0.4 is 0 Å². The zero-order valence-electron chi connectivity index (χ0n) is 9.00. The van der Waals surface area contributed by atoms with Crippen molar-refractivity contribution < 1.29 is 0 Å². The van der Waals surface area contributed by atoms with Crippen LogP contribution in [0, 0.1) is 10.5 Å². The first-order valence-electron chi connectivity index (χ1n) is 5.43. The Labute approximate surface area is 108 Å². The Balaban J connectivity index is 1.97. The molecule has 1 aliphatic carbocycles. The highest BCUT2D eigenvalue weighted by Crippen LogP contribution is 2.38. The third kappa shape index (κ3) is 1.86. The molecule has 0 spiro atoms. The molecule has 1 heterocycles. The van der Waals surface area contributed by atoms with E-state index in [1.807, 2.05) is 0 Å². The van der Waals surface area contributed by atoms with Crippen LogP contribution in [0.25, 0.3) is 11.4 Å². The Kier molecular flexibility index (Phi) is 2.46. The van der Waals surface area contributed by atoms with E-state index in [1.165, 1.54) is 22.0 Å². The van der Waals surface area contributed by atoms with Gasteiger partial charge in [0, 0.05) is 15.1 Å². The largest absolute Gasteiger partial charge is 0.262 e. The van der Waals surface area contributed by atoms with Crippen molar-refractivity contribution >= 4 is 22.6 Å². The van der Waals surface area contributed by atoms with E-state index >= 15 is 0 Å². The SMILES string of the molecule is Cc1ccc(-c2n[nH]c(C3CC3)n2)cc1I. The molecule has 0 aliphatic heterocycles. The summed E-state index contributed by atoms with van der Waals surface area (Å²) in [6.45, 7) is 2.11. The number of hydrogen-bond donors (Lipinski definition) is 1. The van der Waals surface area contributed by atoms with E-state index < -0.39 is 0 Å². The highest BCUT2D eigenvalue weighted by molar-refractivity contribution is 14.1. The molecule has 0 amide bonds. The van der Waals surface area contributed by atoms with Crippen molar-refractivity contribution in [1.82, 2.24) is 15.2 Å². The second kappa shape index (κ2) is 3.84. The van der Waals surface area contributed by atoms with Crippen molar-refractivity contribution in [3.05, 3.63) is 33.2 Å². The summed E-state index contributed by atoms with van der Waals surface area (Å²) in [5, 5.41) is 7.32. The Morgan fingerprint density at radius 3 is 2.88 bits per heavy atom. The van der Waals surface area contributed by atoms with Gasteiger partial charge in [0.25, 0.3) is 0 Å². The topological polar surface area (TPSA) is 41.6 Å². The summed E-state index contributed by atoms with van der Waals surface area (Å²) in [7, 11) is 0. The second-order valence-electron chi connectivity index (χ2n) is 4.28. The number of benzene rings is 1. The molecule has 2 aromatic rings. The zero-order chi connectivity index (χ0) is 11.1. The van der Waals surface area contributed by atoms with E-state index in [9.17, 15) is 0 Å². The number of H-pyrrole nitrogens is 1. The Morgan fingerprint density at radius 1 is 1.38 bits per heavy atom. The Morgan fingerprint density at radius 2 is 2.19 bits per heavy atom. The van der Waals surface area contributed by atoms with Crippen LogP contribution in [0.2, 0.25) is 0 Å². The Hall–Kier alpha value is -0.910. The zero-order valence-corrected chi connectivity index (χ0v) is 11.2. The summed E-state index contributed by atoms with van der Waals surface area (Å²) in [4.78, 5) is 4.54. The van der Waals surface area contributed by atoms with Crippen LogP contribution in [0.1, 0.15) is 30.1 Å². The first-order chi connectivity index (χ1) is 7.74. The molecule has 0 unspecified atom stereocenters. The predicted molar refractivity (Wildman–Crippen MR) is 71.2 cm³/mol. The van der Waals surface area contributed by atoms with Crippen LogP contribution in [0.4, 0.5) is 0 Å². The van der Waals surface area contributed by atoms with E-state index in [4.69, 9.17) is 0 Å². The van der Waals surface area contributed by atoms with Gasteiger partial charge in [0.15, 0.2) is 5.82 Å². The van der Waals surface area contributed by atoms with Gasteiger partial charge >= 0.3 is 0 Å². The maximum Gasteiger partial charge on any atom is 0.181 e. The van der Waals surface area contributed by atoms with E-state index in [2.05, 4.69) is 62.9 Å². The second-order valence-corrected chi connectivity index (χ2v) is 5.44. The van der Waals surface area contributed by atoms with E-state index in [0.29, 0.717) is 5.92 Å². The van der Waals surface area contributed by atoms with Crippen LogP contribution >= 0.6 is 22.6 Å². The average molecular weight is 325 g/mol. The molecular weight excluding hydrogens is 313 g/mol. The number of aryl methyl sites for hydroxylation is 1. The molecule has 0 bridgehead atoms. The van der Waals surface area contributed by atoms with Gasteiger partial charge in [-0.3, -0.25) is 5.10 Å². The molecule has 82 valence electrons. The monoisotopic (exact) mass is 325 g/mol. The summed E-state index contributed by atoms with van der Waals surface area (Å²) >= 11 is 2.34. The number of nitrogens with zero attached hydrogens (tertiary/aromatic N) is 2. The first-order valence-corrected chi connectivity index (χ1v) is 6.51. The molecule has 0 saturated heterocycles. The van der Waals surface area contributed by atoms with Gasteiger partial charge in [-0.1, -0.05) is 12.1 Å². The van der Waals surface area contributed by atoms with Crippen LogP contribution in [0.15, 0.2) is 18.2 Å². The third-order valence-corrected chi connectivity index (χ3v) is 4.06. The van der Waals surface area contributed by atoms with Crippen molar-refractivity contribution in [3.63, 3.8) is 0 Å². The molecule has 1 fully saturated rings. The molecule has 1 aliphatic rings. The smallest absolute Gasteiger partial charge is 0.181 e. The number of aromatic amines is 1. The van der Waals surface area contributed by atoms with Gasteiger partial charge in [-0.2, -0.15) is 5.10 Å². The summed E-state index contributed by atoms with van der Waals surface area (Å²) in [6, 6.07) is 6.33. The minimum atomic E-state index is 0.630. The lowest BCUT2D eigenvalue weighted by Crippen LogP contribution is -1.85. The van der Waals surface area contributed by atoms with Crippen LogP contribution in [-0.4, -0.2) is 15.2 Å². The number of halogens is 1. The molecule has 4 heteroatoms. The van der Waals surface area contributed by atoms with Crippen molar-refractivity contribution in [1.29, 1.82) is 0 Å². The number of hydrogen-bond acceptors (Lipinski definition) is 2. The average Bonchev–Trinajstić information content (AvgIpc) is 3.01. The van der Waals surface area contributed by atoms with Gasteiger partial charge in [0.2, 0.25) is 0 Å². The molecular formula is C12H12IN3. The lowest BCUT2D eigenvalue weighted by molar-refractivity contribution is 0.935. The number of nitrogens with one attached hydrogen (secondary N) is 1. The molecule has 1 N–H and O–H groups in total. The van der Waals surface area contributed by atoms with E-state index in [-0.39, 0.29) is 0 Å². The fourth-order valence-electron chi connectivity index (χ4n) is 1.67. The summed E-state index contributed by atoms with van der Waals surface area (Å²) < 4.78 is 1.26. The van der Waals surface area contributed by atoms with Gasteiger partial charge in [-0.05, 0) is 54.0 Å². The van der Waals surface area contributed by atoms with Crippen LogP contribution in [0.3, 0.4) is 0 Å². The molecule has 1 aromatic heterocycles. The highest BCUT2D eigenvalue weighted by Gasteiger charge is 2.27. The van der Waals surface area contributed by atoms with Gasteiger partial charge < -0.3 is 0 Å². The van der Waals surface area contributed by atoms with E-state index in [1.54, 1.807) is 0 Å². The van der Waals surface area contributed by atoms with Crippen molar-refractivity contribution in [2.45, 2.75) is 25.7 Å². The van der Waals surface area contributed by atoms with E-state index in [0.717, 1.165) is 17.2 Å². The molecule has 1 aromatic carbocycles. The molecule has 3 nitrogen and oxygen atoms in total. The fraction of sp³-hybridized carbons (Fsp3) is 0.333. The minimum Gasteiger partial charge on any atom is -0.262 e. The third-order valence-electron chi connectivity index (χ3n) is 2.90. The van der Waals surface area contributed by atoms with Crippen molar-refractivity contribution in [2.75, 3.05) is 0 Å². The minimum absolute atomic E-state index is 0.630. The van der Waals surface area contributed by atoms with Crippen LogP contribution in [0.5, 0.6) is 0 Å². The van der Waals surface area contributed by atoms with Gasteiger partial charge in [0.1, 0.15) is 5.82 Å². The standard InChI is InChI=1S/C12H12IN3/c1-7-2-3-9(6-10(7)13)12-14-11(15-16-12)8-4-5-8/h2-3,6,8H,4-5H2,1H3,(H,14,15,16). The fourth-order valence-corrected chi connectivity index (χ4v) is 2.19. The van der Waals surface area contributed by atoms with Gasteiger partial charge in [0.05, 0.1) is 0 Å². The highest BCUT2D eigenvalue weighted by atomic mass is 127. The summed E-state index contributed by atoms with van der Waals surface area (Å²) in [6.07, 6.45) is 2.50. The summed E-state index contributed by atoms with van der Waals surface area (Å²) in [5.41, 5.74) is 2.39. The van der Waals surface area contributed by atoms with Gasteiger partial charge in [-0.25, -0.2) is 4.98 Å². The van der Waals surface area contributed by atoms with Crippen molar-refractivity contribution in [2.24, 2.45) is 0 Å². The number of aromatic nitrogens is 3.